The van der Waals surface area contributed by atoms with E-state index in [-0.39, 0.29) is 30.5 Å². The summed E-state index contributed by atoms with van der Waals surface area (Å²) < 4.78 is 0. The molecule has 15 heavy (non-hydrogen) atoms. The lowest BCUT2D eigenvalue weighted by Crippen LogP contribution is -2.43. The Morgan fingerprint density at radius 2 is 2.33 bits per heavy atom. The van der Waals surface area contributed by atoms with Gasteiger partial charge >= 0.3 is 0 Å². The number of nitrogens with two attached hydrogens (primary N) is 1. The van der Waals surface area contributed by atoms with Crippen molar-refractivity contribution in [2.45, 2.75) is 51.1 Å². The highest BCUT2D eigenvalue weighted by atomic mass is 16.3. The number of amides is 1. The average Bonchev–Trinajstić information content (AvgIpc) is 2.25. The minimum atomic E-state index is -0.101. The largest absolute Gasteiger partial charge is 0.394 e. The summed E-state index contributed by atoms with van der Waals surface area (Å²) >= 11 is 0. The van der Waals surface area contributed by atoms with Crippen LogP contribution in [-0.2, 0) is 4.79 Å². The van der Waals surface area contributed by atoms with Crippen LogP contribution in [0.25, 0.3) is 0 Å². The van der Waals surface area contributed by atoms with Crippen LogP contribution in [0.2, 0.25) is 0 Å². The molecule has 1 fully saturated rings. The number of rotatable bonds is 4. The van der Waals surface area contributed by atoms with Gasteiger partial charge in [-0.25, -0.2) is 0 Å². The molecule has 0 radical (unpaired) electrons. The lowest BCUT2D eigenvalue weighted by molar-refractivity contribution is -0.127. The molecule has 0 aromatic carbocycles. The molecule has 0 saturated heterocycles. The maximum Gasteiger partial charge on any atom is 0.223 e. The Kier molecular flexibility index (Phi) is 5.05. The van der Waals surface area contributed by atoms with Crippen molar-refractivity contribution in [2.24, 2.45) is 11.7 Å². The van der Waals surface area contributed by atoms with Crippen LogP contribution >= 0.6 is 0 Å². The zero-order valence-corrected chi connectivity index (χ0v) is 9.41. The normalized spacial score (nSPS) is 28.5. The predicted octanol–water partition coefficient (Wildman–Crippen LogP) is 0.391. The highest BCUT2D eigenvalue weighted by Crippen LogP contribution is 2.23. The van der Waals surface area contributed by atoms with E-state index in [1.54, 1.807) is 0 Å². The minimum absolute atomic E-state index is 0.0149. The van der Waals surface area contributed by atoms with E-state index in [4.69, 9.17) is 10.8 Å². The van der Waals surface area contributed by atoms with Gasteiger partial charge in [0.25, 0.3) is 0 Å². The van der Waals surface area contributed by atoms with E-state index < -0.39 is 0 Å². The molecule has 88 valence electrons. The smallest absolute Gasteiger partial charge is 0.223 e. The number of nitrogens with one attached hydrogen (secondary N) is 1. The Morgan fingerprint density at radius 3 is 2.87 bits per heavy atom. The third kappa shape index (κ3) is 3.80. The Labute approximate surface area is 91.2 Å². The molecule has 1 saturated carbocycles. The quantitative estimate of drug-likeness (QED) is 0.633. The van der Waals surface area contributed by atoms with Crippen LogP contribution in [0.5, 0.6) is 0 Å². The first kappa shape index (κ1) is 12.5. The molecular weight excluding hydrogens is 192 g/mol. The summed E-state index contributed by atoms with van der Waals surface area (Å²) in [5, 5.41) is 11.8. The van der Waals surface area contributed by atoms with Gasteiger partial charge in [-0.3, -0.25) is 4.79 Å². The number of carbonyl (C=O) groups is 1. The molecular formula is C11H22N2O2. The highest BCUT2D eigenvalue weighted by Gasteiger charge is 2.26. The first-order chi connectivity index (χ1) is 7.17. The SMILES string of the molecule is CC[C@@H](CO)NC(=O)C1CCCC(N)C1. The van der Waals surface area contributed by atoms with Gasteiger partial charge in [-0.2, -0.15) is 0 Å². The minimum Gasteiger partial charge on any atom is -0.394 e. The monoisotopic (exact) mass is 214 g/mol. The summed E-state index contributed by atoms with van der Waals surface area (Å²) in [7, 11) is 0. The molecule has 0 aromatic rings. The highest BCUT2D eigenvalue weighted by molar-refractivity contribution is 5.79. The molecule has 1 amide bonds. The summed E-state index contributed by atoms with van der Waals surface area (Å²) in [6.45, 7) is 1.97. The molecule has 1 aliphatic rings. The number of aliphatic hydroxyl groups excluding tert-OH is 1. The van der Waals surface area contributed by atoms with E-state index in [1.165, 1.54) is 0 Å². The molecule has 2 unspecified atom stereocenters. The van der Waals surface area contributed by atoms with Crippen LogP contribution < -0.4 is 11.1 Å². The number of carbonyl (C=O) groups excluding carboxylic acids is 1. The summed E-state index contributed by atoms with van der Waals surface area (Å²) in [5.41, 5.74) is 5.83. The molecule has 3 atom stereocenters. The zero-order valence-electron chi connectivity index (χ0n) is 9.41. The third-order valence-corrected chi connectivity index (χ3v) is 3.15. The second kappa shape index (κ2) is 6.08. The Morgan fingerprint density at radius 1 is 1.60 bits per heavy atom. The summed E-state index contributed by atoms with van der Waals surface area (Å²) in [6, 6.07) is 0.0688. The van der Waals surface area contributed by atoms with Gasteiger partial charge in [0.15, 0.2) is 0 Å². The molecule has 4 N–H and O–H groups in total. The van der Waals surface area contributed by atoms with Crippen molar-refractivity contribution in [3.8, 4) is 0 Å². The standard InChI is InChI=1S/C11H22N2O2/c1-2-10(7-14)13-11(15)8-4-3-5-9(12)6-8/h8-10,14H,2-7,12H2,1H3,(H,13,15)/t8?,9?,10-/m0/s1. The van der Waals surface area contributed by atoms with Crippen molar-refractivity contribution in [3.63, 3.8) is 0 Å². The van der Waals surface area contributed by atoms with E-state index in [0.717, 1.165) is 32.1 Å². The summed E-state index contributed by atoms with van der Waals surface area (Å²) in [4.78, 5) is 11.8. The molecule has 0 bridgehead atoms. The molecule has 0 heterocycles. The summed E-state index contributed by atoms with van der Waals surface area (Å²) in [6.07, 6.45) is 4.55. The van der Waals surface area contributed by atoms with Crippen molar-refractivity contribution in [1.82, 2.24) is 5.32 Å². The zero-order chi connectivity index (χ0) is 11.3. The number of aliphatic hydroxyl groups is 1. The van der Waals surface area contributed by atoms with Crippen molar-refractivity contribution in [3.05, 3.63) is 0 Å². The Hall–Kier alpha value is -0.610. The van der Waals surface area contributed by atoms with E-state index in [2.05, 4.69) is 5.32 Å². The molecule has 0 aromatic heterocycles. The van der Waals surface area contributed by atoms with Crippen LogP contribution in [0.3, 0.4) is 0 Å². The topological polar surface area (TPSA) is 75.3 Å². The fraction of sp³-hybridized carbons (Fsp3) is 0.909. The van der Waals surface area contributed by atoms with E-state index in [0.29, 0.717) is 0 Å². The second-order valence-corrected chi connectivity index (χ2v) is 4.42. The van der Waals surface area contributed by atoms with Crippen molar-refractivity contribution < 1.29 is 9.90 Å². The lowest BCUT2D eigenvalue weighted by atomic mass is 9.85. The van der Waals surface area contributed by atoms with Crippen molar-refractivity contribution in [2.75, 3.05) is 6.61 Å². The molecule has 4 heteroatoms. The number of hydrogen-bond donors (Lipinski definition) is 3. The fourth-order valence-electron chi connectivity index (χ4n) is 2.06. The van der Waals surface area contributed by atoms with Crippen LogP contribution in [0.15, 0.2) is 0 Å². The van der Waals surface area contributed by atoms with Gasteiger partial charge in [-0.1, -0.05) is 13.3 Å². The second-order valence-electron chi connectivity index (χ2n) is 4.42. The molecule has 4 nitrogen and oxygen atoms in total. The van der Waals surface area contributed by atoms with Gasteiger partial charge in [0.1, 0.15) is 0 Å². The molecule has 0 aliphatic heterocycles. The van der Waals surface area contributed by atoms with Gasteiger partial charge in [0, 0.05) is 12.0 Å². The van der Waals surface area contributed by atoms with Crippen LogP contribution in [0.4, 0.5) is 0 Å². The van der Waals surface area contributed by atoms with Crippen LogP contribution in [-0.4, -0.2) is 29.7 Å². The van der Waals surface area contributed by atoms with Crippen LogP contribution in [0, 0.1) is 5.92 Å². The van der Waals surface area contributed by atoms with Gasteiger partial charge in [0.2, 0.25) is 5.91 Å². The first-order valence-electron chi connectivity index (χ1n) is 5.84. The average molecular weight is 214 g/mol. The Bertz CT molecular complexity index is 205. The van der Waals surface area contributed by atoms with Gasteiger partial charge in [-0.15, -0.1) is 0 Å². The van der Waals surface area contributed by atoms with Crippen LogP contribution in [0.1, 0.15) is 39.0 Å². The molecule has 1 rings (SSSR count). The molecule has 1 aliphatic carbocycles. The van der Waals surface area contributed by atoms with Crippen molar-refractivity contribution >= 4 is 5.91 Å². The fourth-order valence-corrected chi connectivity index (χ4v) is 2.06. The maximum atomic E-state index is 11.8. The van der Waals surface area contributed by atoms with Gasteiger partial charge in [-0.05, 0) is 25.7 Å². The number of hydrogen-bond acceptors (Lipinski definition) is 3. The third-order valence-electron chi connectivity index (χ3n) is 3.15. The lowest BCUT2D eigenvalue weighted by Gasteiger charge is -2.27. The van der Waals surface area contributed by atoms with E-state index in [9.17, 15) is 4.79 Å². The summed E-state index contributed by atoms with van der Waals surface area (Å²) in [5.74, 6) is 0.111. The van der Waals surface area contributed by atoms with E-state index >= 15 is 0 Å². The first-order valence-corrected chi connectivity index (χ1v) is 5.84. The van der Waals surface area contributed by atoms with Crippen molar-refractivity contribution in [1.29, 1.82) is 0 Å². The Balaban J connectivity index is 2.38. The van der Waals surface area contributed by atoms with Gasteiger partial charge < -0.3 is 16.2 Å². The van der Waals surface area contributed by atoms with E-state index in [1.807, 2.05) is 6.92 Å². The maximum absolute atomic E-state index is 11.8. The molecule has 0 spiro atoms. The van der Waals surface area contributed by atoms with Gasteiger partial charge in [0.05, 0.1) is 12.6 Å². The predicted molar refractivity (Wildman–Crippen MR) is 59.2 cm³/mol.